The number of fused-ring (bicyclic) bond motifs is 1. The van der Waals surface area contributed by atoms with Crippen molar-refractivity contribution in [2.24, 2.45) is 0 Å². The van der Waals surface area contributed by atoms with Crippen LogP contribution in [0.2, 0.25) is 0 Å². The second-order valence-corrected chi connectivity index (χ2v) is 7.26. The lowest BCUT2D eigenvalue weighted by Gasteiger charge is -2.28. The maximum absolute atomic E-state index is 12.9. The van der Waals surface area contributed by atoms with Crippen molar-refractivity contribution in [2.75, 3.05) is 19.6 Å². The summed E-state index contributed by atoms with van der Waals surface area (Å²) in [6, 6.07) is 18.7. The van der Waals surface area contributed by atoms with Crippen LogP contribution in [-0.4, -0.2) is 35.4 Å². The molecule has 0 aliphatic carbocycles. The van der Waals surface area contributed by atoms with Crippen molar-refractivity contribution in [3.63, 3.8) is 0 Å². The summed E-state index contributed by atoms with van der Waals surface area (Å²) in [4.78, 5) is 19.7. The van der Waals surface area contributed by atoms with Gasteiger partial charge in [-0.1, -0.05) is 54.1 Å². The second-order valence-electron chi connectivity index (χ2n) is 7.26. The minimum absolute atomic E-state index is 0.108. The average molecular weight is 359 g/mol. The minimum atomic E-state index is -0.108. The number of nitrogens with one attached hydrogen (secondary N) is 1. The molecule has 4 heteroatoms. The van der Waals surface area contributed by atoms with Gasteiger partial charge in [0.25, 0.3) is 5.91 Å². The molecule has 1 saturated heterocycles. The van der Waals surface area contributed by atoms with E-state index in [4.69, 9.17) is 0 Å². The number of carbonyl (C=O) groups excluding carboxylic acids is 1. The molecule has 0 bridgehead atoms. The normalized spacial score (nSPS) is 15.7. The molecule has 27 heavy (non-hydrogen) atoms. The van der Waals surface area contributed by atoms with Crippen LogP contribution in [0.4, 0.5) is 0 Å². The van der Waals surface area contributed by atoms with Crippen LogP contribution in [0.15, 0.2) is 60.8 Å². The van der Waals surface area contributed by atoms with Gasteiger partial charge in [-0.05, 0) is 49.9 Å². The van der Waals surface area contributed by atoms with E-state index >= 15 is 0 Å². The SMILES string of the molecule is Cc1ccc(C(CNC(=O)c2nccc3ccccc23)N2CCCC2)cc1. The molecule has 0 radical (unpaired) electrons. The summed E-state index contributed by atoms with van der Waals surface area (Å²) in [7, 11) is 0. The Hall–Kier alpha value is -2.72. The largest absolute Gasteiger partial charge is 0.349 e. The second kappa shape index (κ2) is 7.89. The van der Waals surface area contributed by atoms with Gasteiger partial charge in [0, 0.05) is 18.1 Å². The Morgan fingerprint density at radius 1 is 1.07 bits per heavy atom. The number of aromatic nitrogens is 1. The Balaban J connectivity index is 1.54. The van der Waals surface area contributed by atoms with Crippen molar-refractivity contribution in [2.45, 2.75) is 25.8 Å². The molecule has 1 atom stereocenters. The van der Waals surface area contributed by atoms with Crippen molar-refractivity contribution in [3.8, 4) is 0 Å². The first-order valence-corrected chi connectivity index (χ1v) is 9.65. The molecule has 4 rings (SSSR count). The lowest BCUT2D eigenvalue weighted by atomic mass is 10.0. The summed E-state index contributed by atoms with van der Waals surface area (Å²) >= 11 is 0. The fraction of sp³-hybridized carbons (Fsp3) is 0.304. The van der Waals surface area contributed by atoms with Gasteiger partial charge in [0.15, 0.2) is 0 Å². The highest BCUT2D eigenvalue weighted by Crippen LogP contribution is 2.25. The van der Waals surface area contributed by atoms with Crippen LogP contribution < -0.4 is 5.32 Å². The Morgan fingerprint density at radius 3 is 2.59 bits per heavy atom. The lowest BCUT2D eigenvalue weighted by molar-refractivity contribution is 0.0935. The van der Waals surface area contributed by atoms with Gasteiger partial charge >= 0.3 is 0 Å². The van der Waals surface area contributed by atoms with Crippen LogP contribution in [-0.2, 0) is 0 Å². The first-order valence-electron chi connectivity index (χ1n) is 9.65. The van der Waals surface area contributed by atoms with E-state index in [0.29, 0.717) is 12.2 Å². The molecule has 2 heterocycles. The maximum Gasteiger partial charge on any atom is 0.270 e. The molecule has 1 fully saturated rings. The van der Waals surface area contributed by atoms with Crippen LogP contribution in [0.5, 0.6) is 0 Å². The summed E-state index contributed by atoms with van der Waals surface area (Å²) in [5.41, 5.74) is 3.01. The molecule has 1 aliphatic heterocycles. The Bertz CT molecular complexity index is 925. The molecule has 2 aromatic carbocycles. The van der Waals surface area contributed by atoms with Gasteiger partial charge < -0.3 is 5.32 Å². The van der Waals surface area contributed by atoms with Gasteiger partial charge in [-0.2, -0.15) is 0 Å². The molecule has 1 aromatic heterocycles. The van der Waals surface area contributed by atoms with Gasteiger partial charge in [0.1, 0.15) is 5.69 Å². The molecular formula is C23H25N3O. The third kappa shape index (κ3) is 3.86. The molecule has 3 aromatic rings. The van der Waals surface area contributed by atoms with Crippen molar-refractivity contribution in [3.05, 3.63) is 77.6 Å². The number of nitrogens with zero attached hydrogens (tertiary/aromatic N) is 2. The van der Waals surface area contributed by atoms with Crippen molar-refractivity contribution >= 4 is 16.7 Å². The molecule has 1 unspecified atom stereocenters. The number of aryl methyl sites for hydroxylation is 1. The van der Waals surface area contributed by atoms with Crippen LogP contribution in [0.25, 0.3) is 10.8 Å². The number of rotatable bonds is 5. The van der Waals surface area contributed by atoms with Crippen molar-refractivity contribution in [1.82, 2.24) is 15.2 Å². The zero-order chi connectivity index (χ0) is 18.6. The van der Waals surface area contributed by atoms with E-state index in [-0.39, 0.29) is 11.9 Å². The van der Waals surface area contributed by atoms with Gasteiger partial charge in [-0.15, -0.1) is 0 Å². The number of likely N-dealkylation sites (tertiary alicyclic amines) is 1. The molecule has 4 nitrogen and oxygen atoms in total. The zero-order valence-corrected chi connectivity index (χ0v) is 15.7. The standard InChI is InChI=1S/C23H25N3O/c1-17-8-10-19(11-9-17)21(26-14-4-5-15-26)16-25-23(27)22-20-7-3-2-6-18(20)12-13-24-22/h2-3,6-13,21H,4-5,14-16H2,1H3,(H,25,27). The molecule has 1 amide bonds. The third-order valence-corrected chi connectivity index (χ3v) is 5.39. The van der Waals surface area contributed by atoms with E-state index in [1.54, 1.807) is 6.20 Å². The number of benzene rings is 2. The minimum Gasteiger partial charge on any atom is -0.349 e. The van der Waals surface area contributed by atoms with Gasteiger partial charge in [-0.3, -0.25) is 14.7 Å². The van der Waals surface area contributed by atoms with Crippen LogP contribution >= 0.6 is 0 Å². The molecule has 138 valence electrons. The van der Waals surface area contributed by atoms with Gasteiger partial charge in [-0.25, -0.2) is 0 Å². The van der Waals surface area contributed by atoms with E-state index in [1.165, 1.54) is 24.0 Å². The summed E-state index contributed by atoms with van der Waals surface area (Å²) in [6.45, 7) is 4.86. The molecule has 0 saturated carbocycles. The number of pyridine rings is 1. The predicted octanol–water partition coefficient (Wildman–Crippen LogP) is 4.11. The summed E-state index contributed by atoms with van der Waals surface area (Å²) in [5.74, 6) is -0.108. The van der Waals surface area contributed by atoms with E-state index in [1.807, 2.05) is 30.3 Å². The maximum atomic E-state index is 12.9. The van der Waals surface area contributed by atoms with Crippen LogP contribution in [0, 0.1) is 6.92 Å². The van der Waals surface area contributed by atoms with Gasteiger partial charge in [0.05, 0.1) is 6.04 Å². The topological polar surface area (TPSA) is 45.2 Å². The first-order chi connectivity index (χ1) is 13.2. The lowest BCUT2D eigenvalue weighted by Crippen LogP contribution is -2.37. The molecule has 1 N–H and O–H groups in total. The number of amides is 1. The van der Waals surface area contributed by atoms with Crippen LogP contribution in [0.1, 0.15) is 40.5 Å². The summed E-state index contributed by atoms with van der Waals surface area (Å²) in [5, 5.41) is 5.07. The summed E-state index contributed by atoms with van der Waals surface area (Å²) in [6.07, 6.45) is 4.15. The fourth-order valence-electron chi connectivity index (χ4n) is 3.87. The van der Waals surface area contributed by atoms with Crippen molar-refractivity contribution < 1.29 is 4.79 Å². The first kappa shape index (κ1) is 17.7. The van der Waals surface area contributed by atoms with Crippen molar-refractivity contribution in [1.29, 1.82) is 0 Å². The van der Waals surface area contributed by atoms with Gasteiger partial charge in [0.2, 0.25) is 0 Å². The highest BCUT2D eigenvalue weighted by Gasteiger charge is 2.24. The monoisotopic (exact) mass is 359 g/mol. The molecule has 0 spiro atoms. The quantitative estimate of drug-likeness (QED) is 0.746. The van der Waals surface area contributed by atoms with Crippen LogP contribution in [0.3, 0.4) is 0 Å². The Kier molecular flexibility index (Phi) is 5.16. The number of carbonyl (C=O) groups is 1. The smallest absolute Gasteiger partial charge is 0.270 e. The predicted molar refractivity (Wildman–Crippen MR) is 109 cm³/mol. The molecular weight excluding hydrogens is 334 g/mol. The van der Waals surface area contributed by atoms with E-state index in [0.717, 1.165) is 23.9 Å². The average Bonchev–Trinajstić information content (AvgIpc) is 3.23. The third-order valence-electron chi connectivity index (χ3n) is 5.39. The highest BCUT2D eigenvalue weighted by atomic mass is 16.1. The van der Waals surface area contributed by atoms with E-state index < -0.39 is 0 Å². The number of hydrogen-bond donors (Lipinski definition) is 1. The number of hydrogen-bond acceptors (Lipinski definition) is 3. The molecule has 1 aliphatic rings. The fourth-order valence-corrected chi connectivity index (χ4v) is 3.87. The van der Waals surface area contributed by atoms with E-state index in [9.17, 15) is 4.79 Å². The highest BCUT2D eigenvalue weighted by molar-refractivity contribution is 6.05. The Morgan fingerprint density at radius 2 is 1.81 bits per heavy atom. The van der Waals surface area contributed by atoms with E-state index in [2.05, 4.69) is 46.4 Å². The zero-order valence-electron chi connectivity index (χ0n) is 15.7. The summed E-state index contributed by atoms with van der Waals surface area (Å²) < 4.78 is 0. The Labute approximate surface area is 160 Å².